The molecule has 2 atom stereocenters. The number of hydrogen-bond acceptors (Lipinski definition) is 3. The van der Waals surface area contributed by atoms with Crippen LogP contribution in [0.25, 0.3) is 0 Å². The molecule has 1 saturated carbocycles. The third-order valence-electron chi connectivity index (χ3n) is 3.24. The fourth-order valence-corrected chi connectivity index (χ4v) is 1.84. The average Bonchev–Trinajstić information content (AvgIpc) is 3.00. The summed E-state index contributed by atoms with van der Waals surface area (Å²) in [6.45, 7) is 4.90. The molecule has 0 amide bonds. The largest absolute Gasteiger partial charge is 0.480 e. The van der Waals surface area contributed by atoms with Crippen LogP contribution in [0.1, 0.15) is 39.5 Å². The summed E-state index contributed by atoms with van der Waals surface area (Å²) in [4.78, 5) is 13.2. The highest BCUT2D eigenvalue weighted by molar-refractivity contribution is 5.73. The van der Waals surface area contributed by atoms with Crippen LogP contribution in [0, 0.1) is 0 Å². The van der Waals surface area contributed by atoms with Gasteiger partial charge in [0.25, 0.3) is 0 Å². The van der Waals surface area contributed by atoms with E-state index in [0.717, 1.165) is 25.7 Å². The second-order valence-corrected chi connectivity index (χ2v) is 4.91. The molecule has 1 fully saturated rings. The van der Waals surface area contributed by atoms with Crippen molar-refractivity contribution in [3.05, 3.63) is 0 Å². The number of rotatable bonds is 8. The summed E-state index contributed by atoms with van der Waals surface area (Å²) in [5, 5.41) is 12.3. The Balaban J connectivity index is 2.36. The first-order valence-corrected chi connectivity index (χ1v) is 6.23. The minimum atomic E-state index is -0.734. The molecular weight excluding hydrogens is 204 g/mol. The lowest BCUT2D eigenvalue weighted by molar-refractivity contribution is -0.140. The summed E-state index contributed by atoms with van der Waals surface area (Å²) in [7, 11) is 2.00. The molecule has 0 heterocycles. The van der Waals surface area contributed by atoms with Gasteiger partial charge in [0.15, 0.2) is 0 Å². The SMILES string of the molecule is CCCC(C)N(C)CC(NC1CC1)C(=O)O. The summed E-state index contributed by atoms with van der Waals surface area (Å²) in [5.74, 6) is -0.734. The highest BCUT2D eigenvalue weighted by atomic mass is 16.4. The number of aliphatic carboxylic acids is 1. The first-order valence-electron chi connectivity index (χ1n) is 6.23. The molecule has 1 aliphatic carbocycles. The molecule has 0 radical (unpaired) electrons. The fraction of sp³-hybridized carbons (Fsp3) is 0.917. The topological polar surface area (TPSA) is 52.6 Å². The number of carboxylic acids is 1. The molecule has 0 aromatic rings. The zero-order valence-corrected chi connectivity index (χ0v) is 10.6. The van der Waals surface area contributed by atoms with Crippen molar-refractivity contribution >= 4 is 5.97 Å². The van der Waals surface area contributed by atoms with Gasteiger partial charge in [-0.25, -0.2) is 0 Å². The molecule has 0 aromatic carbocycles. The van der Waals surface area contributed by atoms with Crippen LogP contribution in [0.2, 0.25) is 0 Å². The molecular formula is C12H24N2O2. The molecule has 0 saturated heterocycles. The Bertz CT molecular complexity index is 229. The second kappa shape index (κ2) is 6.21. The maximum Gasteiger partial charge on any atom is 0.322 e. The first-order chi connectivity index (χ1) is 7.54. The standard InChI is InChI=1S/C12H24N2O2/c1-4-5-9(2)14(3)8-11(12(15)16)13-10-6-7-10/h9-11,13H,4-8H2,1-3H3,(H,15,16). The molecule has 0 aliphatic heterocycles. The smallest absolute Gasteiger partial charge is 0.322 e. The molecule has 0 aromatic heterocycles. The first kappa shape index (κ1) is 13.5. The Morgan fingerprint density at radius 1 is 1.56 bits per heavy atom. The molecule has 0 spiro atoms. The van der Waals surface area contributed by atoms with Crippen LogP contribution < -0.4 is 5.32 Å². The monoisotopic (exact) mass is 228 g/mol. The Kier molecular flexibility index (Phi) is 5.22. The molecule has 4 nitrogen and oxygen atoms in total. The number of nitrogens with one attached hydrogen (secondary N) is 1. The summed E-state index contributed by atoms with van der Waals surface area (Å²) in [5.41, 5.74) is 0. The quantitative estimate of drug-likeness (QED) is 0.658. The van der Waals surface area contributed by atoms with Crippen LogP contribution in [0.3, 0.4) is 0 Å². The number of nitrogens with zero attached hydrogens (tertiary/aromatic N) is 1. The minimum absolute atomic E-state index is 0.420. The van der Waals surface area contributed by atoms with Crippen LogP contribution in [0.5, 0.6) is 0 Å². The Morgan fingerprint density at radius 3 is 2.62 bits per heavy atom. The van der Waals surface area contributed by atoms with Gasteiger partial charge in [0.2, 0.25) is 0 Å². The van der Waals surface area contributed by atoms with Gasteiger partial charge in [-0.15, -0.1) is 0 Å². The van der Waals surface area contributed by atoms with Crippen LogP contribution in [0.4, 0.5) is 0 Å². The van der Waals surface area contributed by atoms with Gasteiger partial charge in [-0.2, -0.15) is 0 Å². The summed E-state index contributed by atoms with van der Waals surface area (Å²) in [6, 6.07) is 0.473. The van der Waals surface area contributed by atoms with Crippen LogP contribution in [0.15, 0.2) is 0 Å². The maximum absolute atomic E-state index is 11.1. The molecule has 0 bridgehead atoms. The second-order valence-electron chi connectivity index (χ2n) is 4.91. The van der Waals surface area contributed by atoms with Crippen molar-refractivity contribution in [1.82, 2.24) is 10.2 Å². The number of hydrogen-bond donors (Lipinski definition) is 2. The fourth-order valence-electron chi connectivity index (χ4n) is 1.84. The molecule has 2 N–H and O–H groups in total. The number of carbonyl (C=O) groups is 1. The van der Waals surface area contributed by atoms with E-state index in [9.17, 15) is 4.79 Å². The van der Waals surface area contributed by atoms with Gasteiger partial charge in [0, 0.05) is 18.6 Å². The van der Waals surface area contributed by atoms with Gasteiger partial charge in [-0.05, 0) is 33.2 Å². The predicted octanol–water partition coefficient (Wildman–Crippen LogP) is 1.31. The van der Waals surface area contributed by atoms with E-state index in [0.29, 0.717) is 18.6 Å². The van der Waals surface area contributed by atoms with Gasteiger partial charge in [0.05, 0.1) is 0 Å². The third-order valence-corrected chi connectivity index (χ3v) is 3.24. The zero-order chi connectivity index (χ0) is 12.1. The van der Waals surface area contributed by atoms with Gasteiger partial charge < -0.3 is 15.3 Å². The minimum Gasteiger partial charge on any atom is -0.480 e. The Morgan fingerprint density at radius 2 is 2.19 bits per heavy atom. The summed E-state index contributed by atoms with van der Waals surface area (Å²) in [6.07, 6.45) is 4.50. The van der Waals surface area contributed by atoms with Crippen LogP contribution in [-0.2, 0) is 4.79 Å². The Labute approximate surface area is 98.0 Å². The lowest BCUT2D eigenvalue weighted by Crippen LogP contribution is -2.48. The van der Waals surface area contributed by atoms with Gasteiger partial charge in [-0.3, -0.25) is 4.79 Å². The molecule has 94 valence electrons. The maximum atomic E-state index is 11.1. The highest BCUT2D eigenvalue weighted by Gasteiger charge is 2.29. The lowest BCUT2D eigenvalue weighted by atomic mass is 10.1. The van der Waals surface area contributed by atoms with E-state index in [2.05, 4.69) is 24.1 Å². The molecule has 16 heavy (non-hydrogen) atoms. The van der Waals surface area contributed by atoms with E-state index in [1.165, 1.54) is 0 Å². The van der Waals surface area contributed by atoms with E-state index >= 15 is 0 Å². The van der Waals surface area contributed by atoms with Crippen molar-refractivity contribution in [2.45, 2.75) is 57.7 Å². The highest BCUT2D eigenvalue weighted by Crippen LogP contribution is 2.19. The van der Waals surface area contributed by atoms with Crippen molar-refractivity contribution in [3.63, 3.8) is 0 Å². The summed E-state index contributed by atoms with van der Waals surface area (Å²) < 4.78 is 0. The predicted molar refractivity (Wildman–Crippen MR) is 64.6 cm³/mol. The molecule has 2 unspecified atom stereocenters. The van der Waals surface area contributed by atoms with E-state index in [1.54, 1.807) is 0 Å². The van der Waals surface area contributed by atoms with Gasteiger partial charge >= 0.3 is 5.97 Å². The lowest BCUT2D eigenvalue weighted by Gasteiger charge is -2.27. The van der Waals surface area contributed by atoms with E-state index < -0.39 is 12.0 Å². The van der Waals surface area contributed by atoms with Gasteiger partial charge in [0.1, 0.15) is 6.04 Å². The molecule has 1 rings (SSSR count). The van der Waals surface area contributed by atoms with Crippen molar-refractivity contribution in [1.29, 1.82) is 0 Å². The van der Waals surface area contributed by atoms with Crippen LogP contribution >= 0.6 is 0 Å². The van der Waals surface area contributed by atoms with E-state index in [-0.39, 0.29) is 0 Å². The third kappa shape index (κ3) is 4.49. The van der Waals surface area contributed by atoms with Crippen molar-refractivity contribution in [2.24, 2.45) is 0 Å². The van der Waals surface area contributed by atoms with Crippen LogP contribution in [-0.4, -0.2) is 47.7 Å². The zero-order valence-electron chi connectivity index (χ0n) is 10.6. The van der Waals surface area contributed by atoms with E-state index in [4.69, 9.17) is 5.11 Å². The van der Waals surface area contributed by atoms with Crippen molar-refractivity contribution in [2.75, 3.05) is 13.6 Å². The van der Waals surface area contributed by atoms with Gasteiger partial charge in [-0.1, -0.05) is 13.3 Å². The average molecular weight is 228 g/mol. The van der Waals surface area contributed by atoms with Crippen molar-refractivity contribution in [3.8, 4) is 0 Å². The molecule has 4 heteroatoms. The normalized spacial score (nSPS) is 19.8. The Hall–Kier alpha value is -0.610. The number of carboxylic acid groups (broad SMARTS) is 1. The van der Waals surface area contributed by atoms with Crippen molar-refractivity contribution < 1.29 is 9.90 Å². The molecule has 1 aliphatic rings. The summed E-state index contributed by atoms with van der Waals surface area (Å²) >= 11 is 0. The number of likely N-dealkylation sites (N-methyl/N-ethyl adjacent to an activating group) is 1. The van der Waals surface area contributed by atoms with E-state index in [1.807, 2.05) is 7.05 Å².